The Hall–Kier alpha value is 0.297. The van der Waals surface area contributed by atoms with Crippen LogP contribution in [-0.2, 0) is 0 Å². The molecule has 0 radical (unpaired) electrons. The van der Waals surface area contributed by atoms with Crippen LogP contribution in [0.15, 0.2) is 12.2 Å². The van der Waals surface area contributed by atoms with Crippen LogP contribution in [0.3, 0.4) is 0 Å². The maximum atomic E-state index is 2.71. The predicted octanol–water partition coefficient (Wildman–Crippen LogP) is 1.89. The molecule has 0 saturated carbocycles. The number of hydrogen-bond acceptors (Lipinski definition) is 1. The minimum absolute atomic E-state index is 0. The summed E-state index contributed by atoms with van der Waals surface area (Å²) >= 11 is 0. The van der Waals surface area contributed by atoms with Gasteiger partial charge in [-0.2, -0.15) is 0 Å². The smallest absolute Gasteiger partial charge is 1.00 e. The maximum absolute atomic E-state index is 2.71. The fourth-order valence-corrected chi connectivity index (χ4v) is 2.46. The van der Waals surface area contributed by atoms with Gasteiger partial charge in [-0.05, 0) is 32.4 Å². The SMILES string of the molecule is CCCCCCN(CCCCCC)C1C=CC1.[H-].[Li+]. The second-order valence-electron chi connectivity index (χ2n) is 5.39. The van der Waals surface area contributed by atoms with Crippen LogP contribution in [0.5, 0.6) is 0 Å². The van der Waals surface area contributed by atoms with Gasteiger partial charge in [-0.25, -0.2) is 0 Å². The number of unbranched alkanes of at least 4 members (excludes halogenated alkanes) is 6. The molecule has 0 amide bonds. The first-order chi connectivity index (χ1) is 8.38. The monoisotopic (exact) mass is 245 g/mol. The standard InChI is InChI=1S/C16H31N.Li.H/c1-3-5-7-9-14-17(16-12-11-13-16)15-10-8-6-4-2;;/h11-12,16H,3-10,13-15H2,1-2H3;;/q;+1;-1. The summed E-state index contributed by atoms with van der Waals surface area (Å²) in [6.07, 6.45) is 17.1. The van der Waals surface area contributed by atoms with Gasteiger partial charge in [-0.1, -0.05) is 64.5 Å². The van der Waals surface area contributed by atoms with E-state index in [1.807, 2.05) is 0 Å². The van der Waals surface area contributed by atoms with Gasteiger partial charge < -0.3 is 1.43 Å². The average molecular weight is 245 g/mol. The Bertz CT molecular complexity index is 197. The van der Waals surface area contributed by atoms with E-state index in [0.717, 1.165) is 6.04 Å². The molecule has 1 aliphatic carbocycles. The van der Waals surface area contributed by atoms with E-state index >= 15 is 0 Å². The molecule has 0 aliphatic heterocycles. The van der Waals surface area contributed by atoms with E-state index in [9.17, 15) is 0 Å². The van der Waals surface area contributed by atoms with Gasteiger partial charge in [0, 0.05) is 6.04 Å². The molecule has 0 N–H and O–H groups in total. The van der Waals surface area contributed by atoms with Crippen molar-refractivity contribution < 1.29 is 20.3 Å². The van der Waals surface area contributed by atoms with Crippen molar-refractivity contribution in [1.82, 2.24) is 4.90 Å². The predicted molar refractivity (Wildman–Crippen MR) is 78.5 cm³/mol. The van der Waals surface area contributed by atoms with Crippen molar-refractivity contribution in [2.45, 2.75) is 77.7 Å². The molecular weight excluding hydrogens is 213 g/mol. The summed E-state index contributed by atoms with van der Waals surface area (Å²) in [5.41, 5.74) is 0. The molecule has 0 aromatic rings. The fourth-order valence-electron chi connectivity index (χ4n) is 2.46. The van der Waals surface area contributed by atoms with Crippen LogP contribution in [0.1, 0.15) is 73.1 Å². The van der Waals surface area contributed by atoms with Crippen molar-refractivity contribution in [3.05, 3.63) is 12.2 Å². The van der Waals surface area contributed by atoms with Crippen molar-refractivity contribution in [1.29, 1.82) is 0 Å². The number of hydrogen-bond donors (Lipinski definition) is 0. The number of nitrogens with zero attached hydrogens (tertiary/aromatic N) is 1. The van der Waals surface area contributed by atoms with E-state index in [1.54, 1.807) is 0 Å². The van der Waals surface area contributed by atoms with Crippen LogP contribution in [0, 0.1) is 0 Å². The summed E-state index contributed by atoms with van der Waals surface area (Å²) in [6, 6.07) is 0.776. The van der Waals surface area contributed by atoms with Crippen molar-refractivity contribution >= 4 is 0 Å². The van der Waals surface area contributed by atoms with Gasteiger partial charge >= 0.3 is 18.9 Å². The van der Waals surface area contributed by atoms with E-state index in [0.29, 0.717) is 0 Å². The van der Waals surface area contributed by atoms with Crippen LogP contribution in [0.2, 0.25) is 0 Å². The molecule has 1 atom stereocenters. The first kappa shape index (κ1) is 18.3. The molecular formula is C16H32LiN. The van der Waals surface area contributed by atoms with E-state index in [-0.39, 0.29) is 20.3 Å². The zero-order valence-electron chi connectivity index (χ0n) is 14.0. The van der Waals surface area contributed by atoms with Gasteiger partial charge in [-0.15, -0.1) is 0 Å². The molecule has 0 aromatic carbocycles. The third kappa shape index (κ3) is 7.67. The second kappa shape index (κ2) is 12.3. The second-order valence-corrected chi connectivity index (χ2v) is 5.39. The molecule has 2 heteroatoms. The van der Waals surface area contributed by atoms with E-state index in [4.69, 9.17) is 0 Å². The minimum Gasteiger partial charge on any atom is -1.00 e. The maximum Gasteiger partial charge on any atom is 1.00 e. The summed E-state index contributed by atoms with van der Waals surface area (Å²) in [4.78, 5) is 2.71. The Morgan fingerprint density at radius 2 is 1.44 bits per heavy atom. The zero-order valence-corrected chi connectivity index (χ0v) is 13.0. The van der Waals surface area contributed by atoms with Crippen molar-refractivity contribution in [3.8, 4) is 0 Å². The van der Waals surface area contributed by atoms with Gasteiger partial charge in [-0.3, -0.25) is 4.90 Å². The molecule has 1 rings (SSSR count). The average Bonchev–Trinajstić information content (AvgIpc) is 2.27. The fraction of sp³-hybridized carbons (Fsp3) is 0.875. The Labute approximate surface area is 128 Å². The van der Waals surface area contributed by atoms with Gasteiger partial charge in [0.1, 0.15) is 0 Å². The molecule has 1 aliphatic rings. The first-order valence-corrected chi connectivity index (χ1v) is 7.79. The Balaban J connectivity index is 0. The van der Waals surface area contributed by atoms with Crippen molar-refractivity contribution in [2.24, 2.45) is 0 Å². The quantitative estimate of drug-likeness (QED) is 0.305. The van der Waals surface area contributed by atoms with Crippen molar-refractivity contribution in [3.63, 3.8) is 0 Å². The van der Waals surface area contributed by atoms with Crippen LogP contribution in [0.4, 0.5) is 0 Å². The molecule has 102 valence electrons. The Kier molecular flexibility index (Phi) is 12.5. The molecule has 1 nitrogen and oxygen atoms in total. The van der Waals surface area contributed by atoms with Crippen LogP contribution < -0.4 is 18.9 Å². The third-order valence-corrected chi connectivity index (χ3v) is 3.80. The van der Waals surface area contributed by atoms with Crippen LogP contribution >= 0.6 is 0 Å². The largest absolute Gasteiger partial charge is 1.00 e. The molecule has 0 spiro atoms. The van der Waals surface area contributed by atoms with Crippen molar-refractivity contribution in [2.75, 3.05) is 13.1 Å². The normalized spacial score (nSPS) is 17.6. The molecule has 18 heavy (non-hydrogen) atoms. The van der Waals surface area contributed by atoms with E-state index in [2.05, 4.69) is 30.9 Å². The molecule has 0 heterocycles. The first-order valence-electron chi connectivity index (χ1n) is 7.79. The van der Waals surface area contributed by atoms with Gasteiger partial charge in [0.25, 0.3) is 0 Å². The van der Waals surface area contributed by atoms with Crippen LogP contribution in [0.25, 0.3) is 0 Å². The number of rotatable bonds is 11. The minimum atomic E-state index is 0. The van der Waals surface area contributed by atoms with Gasteiger partial charge in [0.15, 0.2) is 0 Å². The van der Waals surface area contributed by atoms with E-state index in [1.165, 1.54) is 70.9 Å². The topological polar surface area (TPSA) is 3.24 Å². The summed E-state index contributed by atoms with van der Waals surface area (Å²) in [5, 5.41) is 0. The third-order valence-electron chi connectivity index (χ3n) is 3.80. The van der Waals surface area contributed by atoms with Gasteiger partial charge in [0.05, 0.1) is 0 Å². The molecule has 0 fully saturated rings. The Morgan fingerprint density at radius 3 is 1.78 bits per heavy atom. The summed E-state index contributed by atoms with van der Waals surface area (Å²) in [7, 11) is 0. The zero-order chi connectivity index (χ0) is 12.3. The molecule has 1 unspecified atom stereocenters. The molecule has 0 aromatic heterocycles. The summed E-state index contributed by atoms with van der Waals surface area (Å²) in [6.45, 7) is 7.22. The Morgan fingerprint density at radius 1 is 0.944 bits per heavy atom. The molecule has 0 bridgehead atoms. The summed E-state index contributed by atoms with van der Waals surface area (Å²) < 4.78 is 0. The van der Waals surface area contributed by atoms with E-state index < -0.39 is 0 Å². The van der Waals surface area contributed by atoms with Gasteiger partial charge in [0.2, 0.25) is 0 Å². The molecule has 0 saturated heterocycles. The van der Waals surface area contributed by atoms with Crippen LogP contribution in [-0.4, -0.2) is 24.0 Å². The summed E-state index contributed by atoms with van der Waals surface area (Å²) in [5.74, 6) is 0.